The molecule has 0 saturated heterocycles. The van der Waals surface area contributed by atoms with Gasteiger partial charge in [-0.05, 0) is 19.8 Å². The van der Waals surface area contributed by atoms with Crippen LogP contribution in [-0.2, 0) is 20.4 Å². The zero-order chi connectivity index (χ0) is 14.5. The summed E-state index contributed by atoms with van der Waals surface area (Å²) in [6.45, 7) is 2.13. The molecule has 0 heterocycles. The van der Waals surface area contributed by atoms with Crippen LogP contribution in [0.3, 0.4) is 0 Å². The molecule has 1 rings (SSSR count). The van der Waals surface area contributed by atoms with Crippen molar-refractivity contribution in [3.05, 3.63) is 0 Å². The molecule has 1 saturated carbocycles. The maximum absolute atomic E-state index is 11.9. The van der Waals surface area contributed by atoms with Gasteiger partial charge in [0.15, 0.2) is 0 Å². The second-order valence-corrected chi connectivity index (χ2v) is 7.24. The molecule has 0 aliphatic heterocycles. The van der Waals surface area contributed by atoms with Gasteiger partial charge in [-0.25, -0.2) is 0 Å². The molecule has 1 amide bonds. The molecule has 110 valence electrons. The number of carbonyl (C=O) groups excluding carboxylic acids is 1. The van der Waals surface area contributed by atoms with Crippen molar-refractivity contribution in [2.45, 2.75) is 50.7 Å². The van der Waals surface area contributed by atoms with Gasteiger partial charge in [0.05, 0.1) is 5.41 Å². The van der Waals surface area contributed by atoms with E-state index in [9.17, 15) is 18.9 Å². The van der Waals surface area contributed by atoms with Crippen molar-refractivity contribution < 1.29 is 18.9 Å². The molecule has 2 atom stereocenters. The van der Waals surface area contributed by atoms with Crippen LogP contribution >= 0.6 is 0 Å². The van der Waals surface area contributed by atoms with Gasteiger partial charge in [-0.3, -0.25) is 13.8 Å². The molecule has 0 aromatic heterocycles. The standard InChI is InChI=1S/C13H23NO4S/c1-10(19(2)18)9-14-11(15)8-13(12(16)17)6-4-3-5-7-13/h10H,3-9H2,1-2H3,(H,14,15)(H,16,17). The molecule has 2 N–H and O–H groups in total. The van der Waals surface area contributed by atoms with E-state index in [4.69, 9.17) is 0 Å². The van der Waals surface area contributed by atoms with Crippen molar-refractivity contribution >= 4 is 22.7 Å². The Hall–Kier alpha value is -0.910. The van der Waals surface area contributed by atoms with Crippen molar-refractivity contribution in [1.29, 1.82) is 0 Å². The molecule has 0 bridgehead atoms. The fourth-order valence-electron chi connectivity index (χ4n) is 2.44. The smallest absolute Gasteiger partial charge is 0.310 e. The molecule has 0 aromatic rings. The lowest BCUT2D eigenvalue weighted by atomic mass is 9.71. The molecule has 1 aliphatic carbocycles. The Labute approximate surface area is 116 Å². The first-order chi connectivity index (χ1) is 8.87. The number of nitrogens with one attached hydrogen (secondary N) is 1. The first-order valence-electron chi connectivity index (χ1n) is 6.70. The van der Waals surface area contributed by atoms with E-state index < -0.39 is 22.2 Å². The summed E-state index contributed by atoms with van der Waals surface area (Å²) >= 11 is 0. The molecule has 1 aliphatic rings. The van der Waals surface area contributed by atoms with Crippen molar-refractivity contribution in [3.8, 4) is 0 Å². The molecule has 2 unspecified atom stereocenters. The molecular formula is C13H23NO4S. The highest BCUT2D eigenvalue weighted by Crippen LogP contribution is 2.39. The summed E-state index contributed by atoms with van der Waals surface area (Å²) < 4.78 is 11.2. The van der Waals surface area contributed by atoms with E-state index in [1.54, 1.807) is 13.2 Å². The Morgan fingerprint density at radius 2 is 1.89 bits per heavy atom. The van der Waals surface area contributed by atoms with Crippen LogP contribution in [0.15, 0.2) is 0 Å². The van der Waals surface area contributed by atoms with E-state index in [0.717, 1.165) is 19.3 Å². The quantitative estimate of drug-likeness (QED) is 0.772. The Kier molecular flexibility index (Phi) is 5.97. The van der Waals surface area contributed by atoms with Crippen molar-refractivity contribution in [2.24, 2.45) is 5.41 Å². The number of amides is 1. The molecule has 0 aromatic carbocycles. The second kappa shape index (κ2) is 7.03. The van der Waals surface area contributed by atoms with Gasteiger partial charge in [0.25, 0.3) is 0 Å². The predicted molar refractivity (Wildman–Crippen MR) is 74.3 cm³/mol. The highest BCUT2D eigenvalue weighted by atomic mass is 32.2. The first kappa shape index (κ1) is 16.1. The normalized spacial score (nSPS) is 21.4. The number of carbonyl (C=O) groups is 2. The number of hydrogen-bond donors (Lipinski definition) is 2. The summed E-state index contributed by atoms with van der Waals surface area (Å²) in [5.74, 6) is -1.11. The SMILES string of the molecule is CC(CNC(=O)CC1(C(=O)O)CCCCC1)S(C)=O. The summed E-state index contributed by atoms with van der Waals surface area (Å²) in [5.41, 5.74) is -0.892. The summed E-state index contributed by atoms with van der Waals surface area (Å²) in [6.07, 6.45) is 5.56. The van der Waals surface area contributed by atoms with Crippen molar-refractivity contribution in [2.75, 3.05) is 12.8 Å². The Bertz CT molecular complexity index is 364. The van der Waals surface area contributed by atoms with Crippen LogP contribution in [0.1, 0.15) is 45.4 Å². The number of carboxylic acid groups (broad SMARTS) is 1. The van der Waals surface area contributed by atoms with E-state index in [1.807, 2.05) is 0 Å². The van der Waals surface area contributed by atoms with Crippen molar-refractivity contribution in [1.82, 2.24) is 5.32 Å². The van der Waals surface area contributed by atoms with Gasteiger partial charge in [0, 0.05) is 35.3 Å². The first-order valence-corrected chi connectivity index (χ1v) is 8.32. The van der Waals surface area contributed by atoms with Gasteiger partial charge in [-0.15, -0.1) is 0 Å². The minimum atomic E-state index is -0.984. The Balaban J connectivity index is 2.53. The van der Waals surface area contributed by atoms with E-state index >= 15 is 0 Å². The summed E-state index contributed by atoms with van der Waals surface area (Å²) in [6, 6.07) is 0. The monoisotopic (exact) mass is 289 g/mol. The third-order valence-corrected chi connectivity index (χ3v) is 5.22. The molecule has 0 spiro atoms. The van der Waals surface area contributed by atoms with Crippen LogP contribution < -0.4 is 5.32 Å². The van der Waals surface area contributed by atoms with Crippen LogP contribution in [0.4, 0.5) is 0 Å². The third-order valence-electron chi connectivity index (χ3n) is 3.92. The van der Waals surface area contributed by atoms with Gasteiger partial charge in [-0.2, -0.15) is 0 Å². The minimum Gasteiger partial charge on any atom is -0.481 e. The zero-order valence-corrected chi connectivity index (χ0v) is 12.4. The summed E-state index contributed by atoms with van der Waals surface area (Å²) in [4.78, 5) is 23.3. The number of rotatable bonds is 6. The van der Waals surface area contributed by atoms with Gasteiger partial charge < -0.3 is 10.4 Å². The van der Waals surface area contributed by atoms with Gasteiger partial charge in [-0.1, -0.05) is 19.3 Å². The fourth-order valence-corrected chi connectivity index (χ4v) is 2.76. The molecule has 1 fully saturated rings. The van der Waals surface area contributed by atoms with Crippen LogP contribution in [0.5, 0.6) is 0 Å². The van der Waals surface area contributed by atoms with E-state index in [1.165, 1.54) is 0 Å². The van der Waals surface area contributed by atoms with Gasteiger partial charge in [0.2, 0.25) is 5.91 Å². The summed E-state index contributed by atoms with van der Waals surface area (Å²) in [7, 11) is -0.984. The zero-order valence-electron chi connectivity index (χ0n) is 11.6. The molecule has 19 heavy (non-hydrogen) atoms. The maximum atomic E-state index is 11.9. The lowest BCUT2D eigenvalue weighted by Gasteiger charge is -2.32. The third kappa shape index (κ3) is 4.60. The van der Waals surface area contributed by atoms with Crippen molar-refractivity contribution in [3.63, 3.8) is 0 Å². The Morgan fingerprint density at radius 1 is 1.32 bits per heavy atom. The van der Waals surface area contributed by atoms with Crippen LogP contribution in [-0.4, -0.2) is 39.2 Å². The summed E-state index contributed by atoms with van der Waals surface area (Å²) in [5, 5.41) is 12.0. The fraction of sp³-hybridized carbons (Fsp3) is 0.846. The second-order valence-electron chi connectivity index (χ2n) is 5.44. The highest BCUT2D eigenvalue weighted by Gasteiger charge is 2.41. The molecule has 0 radical (unpaired) electrons. The van der Waals surface area contributed by atoms with Gasteiger partial charge >= 0.3 is 5.97 Å². The minimum absolute atomic E-state index is 0.0331. The largest absolute Gasteiger partial charge is 0.481 e. The van der Waals surface area contributed by atoms with E-state index in [0.29, 0.717) is 19.4 Å². The van der Waals surface area contributed by atoms with Crippen LogP contribution in [0.25, 0.3) is 0 Å². The highest BCUT2D eigenvalue weighted by molar-refractivity contribution is 7.84. The van der Waals surface area contributed by atoms with Crippen LogP contribution in [0, 0.1) is 5.41 Å². The molecule has 6 heteroatoms. The molecular weight excluding hydrogens is 266 g/mol. The lowest BCUT2D eigenvalue weighted by Crippen LogP contribution is -2.41. The lowest BCUT2D eigenvalue weighted by molar-refractivity contribution is -0.154. The average molecular weight is 289 g/mol. The topological polar surface area (TPSA) is 83.5 Å². The predicted octanol–water partition coefficient (Wildman–Crippen LogP) is 1.29. The molecule has 5 nitrogen and oxygen atoms in total. The number of aliphatic carboxylic acids is 1. The maximum Gasteiger partial charge on any atom is 0.310 e. The van der Waals surface area contributed by atoms with E-state index in [-0.39, 0.29) is 17.6 Å². The van der Waals surface area contributed by atoms with Crippen LogP contribution in [0.2, 0.25) is 0 Å². The number of carboxylic acids is 1. The average Bonchev–Trinajstić information content (AvgIpc) is 2.36. The number of hydrogen-bond acceptors (Lipinski definition) is 3. The van der Waals surface area contributed by atoms with Gasteiger partial charge in [0.1, 0.15) is 0 Å². The Morgan fingerprint density at radius 3 is 2.37 bits per heavy atom. The van der Waals surface area contributed by atoms with E-state index in [2.05, 4.69) is 5.32 Å².